The maximum Gasteiger partial charge on any atom is 0.277 e. The average molecular weight is 369 g/mol. The van der Waals surface area contributed by atoms with Gasteiger partial charge in [-0.25, -0.2) is 4.39 Å². The van der Waals surface area contributed by atoms with Crippen molar-refractivity contribution in [1.82, 2.24) is 10.2 Å². The number of halogens is 1. The van der Waals surface area contributed by atoms with E-state index < -0.39 is 0 Å². The number of para-hydroxylation sites is 1. The summed E-state index contributed by atoms with van der Waals surface area (Å²) in [5.74, 6) is -0.00636. The van der Waals surface area contributed by atoms with Crippen molar-refractivity contribution in [2.45, 2.75) is 23.8 Å². The van der Waals surface area contributed by atoms with E-state index in [4.69, 9.17) is 4.42 Å². The van der Waals surface area contributed by atoms with Gasteiger partial charge in [0.1, 0.15) is 5.82 Å². The summed E-state index contributed by atoms with van der Waals surface area (Å²) in [6.45, 7) is 2.52. The number of fused-ring (bicyclic) bond motifs is 1. The minimum absolute atomic E-state index is 0.0153. The molecule has 0 aliphatic carbocycles. The molecule has 0 fully saturated rings. The van der Waals surface area contributed by atoms with Crippen molar-refractivity contribution >= 4 is 23.4 Å². The SMILES string of the molecule is CC(Sc1nnc(-c2ccc(F)cc2)o1)C(=O)N1CCc2ccccc21. The fourth-order valence-electron chi connectivity index (χ4n) is 2.95. The molecule has 0 radical (unpaired) electrons. The fourth-order valence-corrected chi connectivity index (χ4v) is 3.70. The molecular weight excluding hydrogens is 353 g/mol. The minimum atomic E-state index is -0.359. The number of benzene rings is 2. The van der Waals surface area contributed by atoms with Crippen LogP contribution >= 0.6 is 11.8 Å². The molecule has 1 amide bonds. The van der Waals surface area contributed by atoms with Crippen LogP contribution in [0.3, 0.4) is 0 Å². The van der Waals surface area contributed by atoms with Crippen LogP contribution in [0.15, 0.2) is 58.2 Å². The summed E-state index contributed by atoms with van der Waals surface area (Å²) in [4.78, 5) is 14.6. The average Bonchev–Trinajstić information content (AvgIpc) is 3.29. The number of hydrogen-bond acceptors (Lipinski definition) is 5. The third kappa shape index (κ3) is 3.22. The summed E-state index contributed by atoms with van der Waals surface area (Å²) < 4.78 is 18.6. The number of rotatable bonds is 4. The van der Waals surface area contributed by atoms with Gasteiger partial charge in [-0.1, -0.05) is 30.0 Å². The van der Waals surface area contributed by atoms with Crippen LogP contribution < -0.4 is 4.90 Å². The summed E-state index contributed by atoms with van der Waals surface area (Å²) in [6, 6.07) is 13.8. The first-order chi connectivity index (χ1) is 12.6. The zero-order valence-corrected chi connectivity index (χ0v) is 14.9. The second-order valence-corrected chi connectivity index (χ2v) is 7.30. The Bertz CT molecular complexity index is 942. The van der Waals surface area contributed by atoms with Gasteiger partial charge in [-0.15, -0.1) is 10.2 Å². The number of carbonyl (C=O) groups is 1. The van der Waals surface area contributed by atoms with E-state index in [1.807, 2.05) is 36.1 Å². The van der Waals surface area contributed by atoms with Crippen LogP contribution in [-0.4, -0.2) is 27.9 Å². The molecule has 1 unspecified atom stereocenters. The lowest BCUT2D eigenvalue weighted by atomic mass is 10.2. The molecule has 3 aromatic rings. The Morgan fingerprint density at radius 1 is 1.19 bits per heavy atom. The number of amides is 1. The van der Waals surface area contributed by atoms with Crippen molar-refractivity contribution in [2.24, 2.45) is 0 Å². The number of thioether (sulfide) groups is 1. The van der Waals surface area contributed by atoms with Crippen LogP contribution in [0.25, 0.3) is 11.5 Å². The molecular formula is C19H16FN3O2S. The highest BCUT2D eigenvalue weighted by Gasteiger charge is 2.29. The number of aromatic nitrogens is 2. The first kappa shape index (κ1) is 16.8. The van der Waals surface area contributed by atoms with E-state index in [1.54, 1.807) is 12.1 Å². The molecule has 0 spiro atoms. The summed E-state index contributed by atoms with van der Waals surface area (Å²) in [7, 11) is 0. The minimum Gasteiger partial charge on any atom is -0.411 e. The van der Waals surface area contributed by atoms with E-state index >= 15 is 0 Å². The first-order valence-electron chi connectivity index (χ1n) is 8.27. The summed E-state index contributed by atoms with van der Waals surface area (Å²) in [6.07, 6.45) is 0.870. The lowest BCUT2D eigenvalue weighted by Crippen LogP contribution is -2.35. The van der Waals surface area contributed by atoms with Crippen LogP contribution in [0.4, 0.5) is 10.1 Å². The van der Waals surface area contributed by atoms with Crippen LogP contribution in [0, 0.1) is 5.82 Å². The normalized spacial score (nSPS) is 14.3. The molecule has 1 aliphatic rings. The molecule has 1 aromatic heterocycles. The van der Waals surface area contributed by atoms with E-state index in [1.165, 1.54) is 29.5 Å². The molecule has 1 aliphatic heterocycles. The van der Waals surface area contributed by atoms with Crippen molar-refractivity contribution in [3.63, 3.8) is 0 Å². The molecule has 0 bridgehead atoms. The molecule has 7 heteroatoms. The molecule has 0 N–H and O–H groups in total. The Morgan fingerprint density at radius 2 is 1.96 bits per heavy atom. The predicted molar refractivity (Wildman–Crippen MR) is 97.5 cm³/mol. The quantitative estimate of drug-likeness (QED) is 0.652. The lowest BCUT2D eigenvalue weighted by Gasteiger charge is -2.20. The third-order valence-electron chi connectivity index (χ3n) is 4.28. The van der Waals surface area contributed by atoms with Crippen molar-refractivity contribution in [1.29, 1.82) is 0 Å². The van der Waals surface area contributed by atoms with Crippen molar-refractivity contribution in [3.05, 3.63) is 59.9 Å². The van der Waals surface area contributed by atoms with E-state index in [0.717, 1.165) is 12.1 Å². The maximum atomic E-state index is 13.0. The summed E-state index contributed by atoms with van der Waals surface area (Å²) >= 11 is 1.23. The predicted octanol–water partition coefficient (Wildman–Crippen LogP) is 3.95. The molecule has 0 saturated heterocycles. The van der Waals surface area contributed by atoms with Gasteiger partial charge < -0.3 is 9.32 Å². The highest BCUT2D eigenvalue weighted by Crippen LogP contribution is 2.32. The number of hydrogen-bond donors (Lipinski definition) is 0. The summed E-state index contributed by atoms with van der Waals surface area (Å²) in [5.41, 5.74) is 2.80. The summed E-state index contributed by atoms with van der Waals surface area (Å²) in [5, 5.41) is 7.93. The van der Waals surface area contributed by atoms with E-state index in [-0.39, 0.29) is 17.0 Å². The van der Waals surface area contributed by atoms with Gasteiger partial charge in [-0.2, -0.15) is 0 Å². The fraction of sp³-hybridized carbons (Fsp3) is 0.211. The van der Waals surface area contributed by atoms with Crippen LogP contribution in [0.5, 0.6) is 0 Å². The third-order valence-corrected chi connectivity index (χ3v) is 5.20. The zero-order valence-electron chi connectivity index (χ0n) is 14.1. The van der Waals surface area contributed by atoms with Crippen molar-refractivity contribution in [3.8, 4) is 11.5 Å². The Morgan fingerprint density at radius 3 is 2.77 bits per heavy atom. The van der Waals surface area contributed by atoms with E-state index in [0.29, 0.717) is 23.2 Å². The van der Waals surface area contributed by atoms with Gasteiger partial charge >= 0.3 is 0 Å². The van der Waals surface area contributed by atoms with Gasteiger partial charge in [0.2, 0.25) is 11.8 Å². The smallest absolute Gasteiger partial charge is 0.277 e. The highest BCUT2D eigenvalue weighted by molar-refractivity contribution is 8.00. The molecule has 26 heavy (non-hydrogen) atoms. The Balaban J connectivity index is 1.46. The molecule has 132 valence electrons. The monoisotopic (exact) mass is 369 g/mol. The van der Waals surface area contributed by atoms with Gasteiger partial charge in [-0.05, 0) is 49.2 Å². The van der Waals surface area contributed by atoms with Crippen LogP contribution in [0.1, 0.15) is 12.5 Å². The molecule has 2 aromatic carbocycles. The van der Waals surface area contributed by atoms with Gasteiger partial charge in [0.15, 0.2) is 0 Å². The zero-order chi connectivity index (χ0) is 18.1. The lowest BCUT2D eigenvalue weighted by molar-refractivity contribution is -0.117. The van der Waals surface area contributed by atoms with Gasteiger partial charge in [0.05, 0.1) is 5.25 Å². The second kappa shape index (κ2) is 6.92. The number of nitrogens with zero attached hydrogens (tertiary/aromatic N) is 3. The van der Waals surface area contributed by atoms with Crippen molar-refractivity contribution in [2.75, 3.05) is 11.4 Å². The molecule has 1 atom stereocenters. The molecule has 2 heterocycles. The molecule has 5 nitrogen and oxygen atoms in total. The van der Waals surface area contributed by atoms with Crippen LogP contribution in [-0.2, 0) is 11.2 Å². The van der Waals surface area contributed by atoms with E-state index in [2.05, 4.69) is 10.2 Å². The number of carbonyl (C=O) groups excluding carboxylic acids is 1. The van der Waals surface area contributed by atoms with E-state index in [9.17, 15) is 9.18 Å². The molecule has 4 rings (SSSR count). The van der Waals surface area contributed by atoms with Gasteiger partial charge in [0, 0.05) is 17.8 Å². The topological polar surface area (TPSA) is 59.2 Å². The second-order valence-electron chi connectivity index (χ2n) is 6.01. The maximum absolute atomic E-state index is 13.0. The van der Waals surface area contributed by atoms with Crippen molar-refractivity contribution < 1.29 is 13.6 Å². The molecule has 0 saturated carbocycles. The Labute approximate surface area is 154 Å². The largest absolute Gasteiger partial charge is 0.411 e. The first-order valence-corrected chi connectivity index (χ1v) is 9.15. The van der Waals surface area contributed by atoms with Gasteiger partial charge in [-0.3, -0.25) is 4.79 Å². The Kier molecular flexibility index (Phi) is 4.46. The van der Waals surface area contributed by atoms with Crippen LogP contribution in [0.2, 0.25) is 0 Å². The Hall–Kier alpha value is -2.67. The highest BCUT2D eigenvalue weighted by atomic mass is 32.2. The number of anilines is 1. The van der Waals surface area contributed by atoms with Gasteiger partial charge in [0.25, 0.3) is 5.22 Å². The standard InChI is InChI=1S/C19H16FN3O2S/c1-12(18(24)23-11-10-13-4-2-3-5-16(13)23)26-19-22-21-17(25-19)14-6-8-15(20)9-7-14/h2-9,12H,10-11H2,1H3.